The third-order valence-electron chi connectivity index (χ3n) is 4.57. The van der Waals surface area contributed by atoms with Gasteiger partial charge in [-0.1, -0.05) is 11.0 Å². The van der Waals surface area contributed by atoms with Crippen molar-refractivity contribution in [1.29, 1.82) is 0 Å². The van der Waals surface area contributed by atoms with E-state index >= 15 is 0 Å². The van der Waals surface area contributed by atoms with E-state index in [-0.39, 0.29) is 686 Å². The fraction of sp³-hybridized carbons (Fsp3) is 0.167. The third kappa shape index (κ3) is 84.7. The Kier molecular flexibility index (Phi) is 549. The van der Waals surface area contributed by atoms with Crippen LogP contribution in [0.4, 0.5) is 10.5 Å². The first-order chi connectivity index (χ1) is 14.5. The molecule has 2 atom stereocenters. The molecule has 1 aliphatic rings. The normalized spacial score (nSPS) is 8.09. The molecule has 0 N–H and O–H groups in total. The number of hydrogen-bond donors (Lipinski definition) is 0. The van der Waals surface area contributed by atoms with Gasteiger partial charge in [0.1, 0.15) is 0 Å². The first-order valence-electron chi connectivity index (χ1n) is 7.96. The van der Waals surface area contributed by atoms with Crippen LogP contribution >= 0.6 is 181 Å². The van der Waals surface area contributed by atoms with Crippen molar-refractivity contribution in [3.63, 3.8) is 0 Å². The molecule has 0 bridgehead atoms. The Hall–Kier alpha value is 24.6. The first-order valence-corrected chi connectivity index (χ1v) is 17.9. The molecule has 0 spiro atoms. The van der Waals surface area contributed by atoms with Crippen molar-refractivity contribution in [2.24, 2.45) is 0 Å². The van der Waals surface area contributed by atoms with Gasteiger partial charge in [0.15, 0.2) is 0 Å². The van der Waals surface area contributed by atoms with Crippen molar-refractivity contribution in [2.75, 3.05) is 4.90 Å². The summed E-state index contributed by atoms with van der Waals surface area (Å²) >= 11 is 17.9. The summed E-state index contributed by atoms with van der Waals surface area (Å²) in [6, 6.07) is -0.0114. The summed E-state index contributed by atoms with van der Waals surface area (Å²) in [5.41, 5.74) is 6.92. The number of halogens is 8. The van der Waals surface area contributed by atoms with Crippen LogP contribution in [0, 0.1) is 35.9 Å². The van der Waals surface area contributed by atoms with Crippen LogP contribution in [0.5, 0.6) is 0 Å². The van der Waals surface area contributed by atoms with Crippen LogP contribution in [0.25, 0.3) is 0 Å². The summed E-state index contributed by atoms with van der Waals surface area (Å²) in [5, 5.41) is 0. The van der Waals surface area contributed by atoms with Crippen LogP contribution in [-0.2, 0) is 673 Å². The monoisotopic (exact) mass is 3140 g/mol. The largest absolute Gasteiger partial charge is 0.612 e. The van der Waals surface area contributed by atoms with Crippen molar-refractivity contribution in [3.05, 3.63) is 63.7 Å². The summed E-state index contributed by atoms with van der Waals surface area (Å²) in [5.74, 6) is 0. The van der Waals surface area contributed by atoms with Crippen molar-refractivity contribution in [1.82, 2.24) is 4.90 Å². The molecular formula is C18H12I8N2O2V36-8. The number of carbonyl (C=O) groups is 1. The minimum atomic E-state index is -0.377. The zero-order valence-corrected chi connectivity index (χ0v) is 98.4. The quantitative estimate of drug-likeness (QED) is 0.140. The SMILES string of the molecule is O=C(O[CH-]I)N([CH-]I)C1CC([CH-]I)N([CH-]I)c2c([CH-]I)c([CH-]I)c([CH-]I)c([CH-]I)c21.[V].[V].[V].[V].[V].[V].[V].[V].[V].[V].[V].[V].[V].[V].[V].[V].[V].[V].[V].[V].[V].[V].[V].[V].[V].[V].[V].[V].[V].[V].[V].[V].[V].[V].[V].[V]. The van der Waals surface area contributed by atoms with Gasteiger partial charge in [0.05, 0.1) is 0 Å². The molecule has 350 valence electrons. The van der Waals surface area contributed by atoms with Gasteiger partial charge in [-0.25, -0.2) is 20.5 Å². The number of benzene rings is 1. The predicted octanol–water partition coefficient (Wildman–Crippen LogP) is 9.69. The van der Waals surface area contributed by atoms with Crippen LogP contribution in [0.15, 0.2) is 0 Å². The van der Waals surface area contributed by atoms with Crippen molar-refractivity contribution in [3.8, 4) is 0 Å². The molecule has 36 radical (unpaired) electrons. The minimum absolute atomic E-state index is 0. The van der Waals surface area contributed by atoms with Gasteiger partial charge < -0.3 is 48.3 Å². The molecule has 1 aromatic carbocycles. The molecule has 48 heteroatoms. The number of fused-ring (bicyclic) bond motifs is 1. The standard InChI is InChI=1S/C18H12I8N2O2.36V/c19-2-10-1-15(28(8-25)18(29)30-9-26)16-13(5-22)11(3-20)12(4-21)14(6-23)17(16)27(10)7-24;;;;;;;;;;;;;;;;;;;;;;;;;;;;;;;;;;;;/h2-10,15H,1H2;;;;;;;;;;;;;;;;;;;;;;;;;;;;;;;;;;;;/q-8;;;;;;;;;;;;;;;;;;;;;;;;;;;;;;;;;;;;. The molecule has 0 saturated carbocycles. The number of amides is 1. The predicted molar refractivity (Wildman–Crippen MR) is 191 cm³/mol. The van der Waals surface area contributed by atoms with Gasteiger partial charge >= 0.3 is 6.09 Å². The molecular weight excluding hydrogens is 3130 g/mol. The molecule has 1 aromatic rings. The van der Waals surface area contributed by atoms with Crippen LogP contribution < -0.4 is 4.90 Å². The Morgan fingerprint density at radius 1 is 0.424 bits per heavy atom. The summed E-state index contributed by atoms with van der Waals surface area (Å²) in [4.78, 5) is 16.8. The molecule has 0 saturated heterocycles. The van der Waals surface area contributed by atoms with Crippen molar-refractivity contribution in [2.45, 2.75) is 18.5 Å². The number of carbonyl (C=O) groups excluding carboxylic acids is 1. The molecule has 0 aliphatic carbocycles. The zero-order chi connectivity index (χ0) is 22.4. The molecule has 0 fully saturated rings. The van der Waals surface area contributed by atoms with Gasteiger partial charge in [-0.05, 0) is 6.04 Å². The Morgan fingerprint density at radius 2 is 0.682 bits per heavy atom. The van der Waals surface area contributed by atoms with Crippen molar-refractivity contribution < 1.29 is 678 Å². The van der Waals surface area contributed by atoms with E-state index in [4.69, 9.17) is 4.74 Å². The second-order valence-electron chi connectivity index (χ2n) is 5.78. The van der Waals surface area contributed by atoms with E-state index in [1.807, 2.05) is 22.6 Å². The van der Waals surface area contributed by atoms with Crippen molar-refractivity contribution >= 4 is 193 Å². The van der Waals surface area contributed by atoms with Gasteiger partial charge in [-0.15, -0.1) is 6.04 Å². The molecule has 66 heavy (non-hydrogen) atoms. The molecule has 2 unspecified atom stereocenters. The van der Waals surface area contributed by atoms with Crippen LogP contribution in [0.1, 0.15) is 40.3 Å². The fourth-order valence-corrected chi connectivity index (χ4v) is 8.17. The molecule has 0 aromatic heterocycles. The van der Waals surface area contributed by atoms with Gasteiger partial charge in [0.25, 0.3) is 0 Å². The maximum Gasteiger partial charge on any atom is 0.349 e. The van der Waals surface area contributed by atoms with E-state index in [1.54, 1.807) is 9.45 Å². The van der Waals surface area contributed by atoms with Gasteiger partial charge in [0.2, 0.25) is 0 Å². The molecule has 1 amide bonds. The summed E-state index contributed by atoms with van der Waals surface area (Å²) in [7, 11) is 0. The zero-order valence-electron chi connectivity index (χ0n) is 30.8. The third-order valence-corrected chi connectivity index (χ3v) is 9.34. The van der Waals surface area contributed by atoms with E-state index < -0.39 is 0 Å². The summed E-state index contributed by atoms with van der Waals surface area (Å²) in [6.45, 7) is 0. The van der Waals surface area contributed by atoms with Crippen LogP contribution in [0.3, 0.4) is 0 Å². The summed E-state index contributed by atoms with van der Waals surface area (Å²) in [6.07, 6.45) is 0.384. The van der Waals surface area contributed by atoms with Gasteiger partial charge in [-0.2, -0.15) is 117 Å². The topological polar surface area (TPSA) is 32.8 Å². The Labute approximate surface area is 936 Å². The van der Waals surface area contributed by atoms with Gasteiger partial charge in [0, 0.05) is 668 Å². The number of nitrogens with zero attached hydrogens (tertiary/aromatic N) is 2. The molecule has 1 heterocycles. The second kappa shape index (κ2) is 154. The number of ether oxygens (including phenoxy) is 1. The molecule has 4 nitrogen and oxygen atoms in total. The van der Waals surface area contributed by atoms with Crippen LogP contribution in [0.2, 0.25) is 0 Å². The van der Waals surface area contributed by atoms with Gasteiger partial charge in [-0.3, -0.25) is 78.9 Å². The average molecular weight is 3140 g/mol. The van der Waals surface area contributed by atoms with E-state index in [2.05, 4.69) is 190 Å². The minimum Gasteiger partial charge on any atom is -0.612 e. The van der Waals surface area contributed by atoms with E-state index in [0.29, 0.717) is 0 Å². The fourth-order valence-electron chi connectivity index (χ4n) is 3.36. The van der Waals surface area contributed by atoms with E-state index in [9.17, 15) is 4.79 Å². The average Bonchev–Trinajstić information content (AvgIpc) is 2.77. The Morgan fingerprint density at radius 3 is 0.879 bits per heavy atom. The number of hydrogen-bond acceptors (Lipinski definition) is 3. The smallest absolute Gasteiger partial charge is 0.349 e. The van der Waals surface area contributed by atoms with E-state index in [0.717, 1.165) is 28.8 Å². The summed E-state index contributed by atoms with van der Waals surface area (Å²) < 4.78 is 21.2. The molecule has 2 rings (SSSR count). The van der Waals surface area contributed by atoms with E-state index in [1.165, 1.54) is 15.7 Å². The number of rotatable bonds is 9. The maximum atomic E-state index is 12.8. The Bertz CT molecular complexity index is 817. The number of anilines is 1. The maximum absolute atomic E-state index is 12.8. The first kappa shape index (κ1) is 235. The molecule has 1 aliphatic heterocycles. The Balaban J connectivity index is -0.00000000809. The second-order valence-corrected chi connectivity index (χ2v) is 10.6. The van der Waals surface area contributed by atoms with Crippen LogP contribution in [-0.4, -0.2) is 17.0 Å².